The van der Waals surface area contributed by atoms with Crippen molar-refractivity contribution in [2.24, 2.45) is 4.99 Å². The second-order valence-electron chi connectivity index (χ2n) is 6.14. The minimum Gasteiger partial charge on any atom is -0.506 e. The first kappa shape index (κ1) is 19.5. The Morgan fingerprint density at radius 2 is 2.07 bits per heavy atom. The summed E-state index contributed by atoms with van der Waals surface area (Å²) in [6.07, 6.45) is 0.684. The van der Waals surface area contributed by atoms with E-state index in [4.69, 9.17) is 9.84 Å². The fourth-order valence-electron chi connectivity index (χ4n) is 2.40. The van der Waals surface area contributed by atoms with Crippen LogP contribution in [-0.4, -0.2) is 33.4 Å². The molecule has 0 bridgehead atoms. The lowest BCUT2D eigenvalue weighted by molar-refractivity contribution is -0.144. The van der Waals surface area contributed by atoms with Crippen LogP contribution in [0, 0.1) is 6.92 Å². The normalized spacial score (nSPS) is 17.6. The first-order valence-corrected chi connectivity index (χ1v) is 9.22. The van der Waals surface area contributed by atoms with Gasteiger partial charge in [0.2, 0.25) is 0 Å². The van der Waals surface area contributed by atoms with E-state index >= 15 is 0 Å². The number of hydrogen-bond acceptors (Lipinski definition) is 6. The number of benzene rings is 2. The average Bonchev–Trinajstić information content (AvgIpc) is 2.97. The molecule has 1 atom stereocenters. The Morgan fingerprint density at radius 1 is 1.29 bits per heavy atom. The van der Waals surface area contributed by atoms with Crippen molar-refractivity contribution in [3.05, 3.63) is 58.5 Å². The lowest BCUT2D eigenvalue weighted by Crippen LogP contribution is -2.22. The predicted molar refractivity (Wildman–Crippen MR) is 108 cm³/mol. The number of aliphatic imine (C=N–C) groups is 1. The highest BCUT2D eigenvalue weighted by Crippen LogP contribution is 2.32. The number of amides is 1. The number of carboxylic acids is 1. The van der Waals surface area contributed by atoms with Crippen molar-refractivity contribution in [3.8, 4) is 11.5 Å². The number of thioether (sulfide) groups is 1. The van der Waals surface area contributed by atoms with Crippen molar-refractivity contribution in [1.82, 2.24) is 5.32 Å². The lowest BCUT2D eigenvalue weighted by Gasteiger charge is -2.10. The third-order valence-corrected chi connectivity index (χ3v) is 4.73. The Kier molecular flexibility index (Phi) is 5.70. The number of carbonyl (C=O) groups excluding carboxylic acids is 1. The maximum Gasteiger partial charge on any atom is 0.344 e. The average molecular weight is 398 g/mol. The van der Waals surface area contributed by atoms with Crippen LogP contribution < -0.4 is 10.1 Å². The monoisotopic (exact) mass is 398 g/mol. The Labute approximate surface area is 165 Å². The minimum absolute atomic E-state index is 0.0391. The molecule has 28 heavy (non-hydrogen) atoms. The summed E-state index contributed by atoms with van der Waals surface area (Å²) in [5, 5.41) is 21.9. The van der Waals surface area contributed by atoms with Crippen LogP contribution >= 0.6 is 11.8 Å². The zero-order valence-corrected chi connectivity index (χ0v) is 16.0. The molecule has 1 saturated heterocycles. The van der Waals surface area contributed by atoms with Gasteiger partial charge in [0, 0.05) is 0 Å². The van der Waals surface area contributed by atoms with Crippen LogP contribution in [0.2, 0.25) is 0 Å². The van der Waals surface area contributed by atoms with E-state index in [1.54, 1.807) is 42.5 Å². The maximum absolute atomic E-state index is 12.2. The highest BCUT2D eigenvalue weighted by molar-refractivity contribution is 8.18. The number of rotatable bonds is 5. The van der Waals surface area contributed by atoms with Gasteiger partial charge < -0.3 is 20.3 Å². The molecule has 0 aromatic heterocycles. The van der Waals surface area contributed by atoms with Crippen molar-refractivity contribution in [2.75, 3.05) is 0 Å². The van der Waals surface area contributed by atoms with Gasteiger partial charge in [-0.1, -0.05) is 18.2 Å². The number of nitrogens with one attached hydrogen (secondary N) is 1. The number of hydrogen-bond donors (Lipinski definition) is 3. The van der Waals surface area contributed by atoms with E-state index in [2.05, 4.69) is 10.3 Å². The Bertz CT molecular complexity index is 1000. The highest BCUT2D eigenvalue weighted by Gasteiger charge is 2.24. The van der Waals surface area contributed by atoms with E-state index in [9.17, 15) is 14.7 Å². The van der Waals surface area contributed by atoms with Crippen LogP contribution in [0.1, 0.15) is 18.1 Å². The van der Waals surface area contributed by atoms with E-state index in [0.29, 0.717) is 27.1 Å². The summed E-state index contributed by atoms with van der Waals surface area (Å²) in [7, 11) is 0. The summed E-state index contributed by atoms with van der Waals surface area (Å²) in [5.74, 6) is -0.932. The zero-order chi connectivity index (χ0) is 20.3. The van der Waals surface area contributed by atoms with Gasteiger partial charge in [-0.15, -0.1) is 0 Å². The van der Waals surface area contributed by atoms with E-state index < -0.39 is 12.1 Å². The fourth-order valence-corrected chi connectivity index (χ4v) is 3.24. The van der Waals surface area contributed by atoms with Gasteiger partial charge >= 0.3 is 5.97 Å². The lowest BCUT2D eigenvalue weighted by atomic mass is 10.2. The number of phenols is 1. The molecule has 1 aliphatic rings. The molecule has 3 N–H and O–H groups in total. The van der Waals surface area contributed by atoms with Gasteiger partial charge in [-0.3, -0.25) is 4.79 Å². The van der Waals surface area contributed by atoms with Gasteiger partial charge in [-0.05, 0) is 67.1 Å². The molecule has 2 aromatic rings. The number of aryl methyl sites for hydroxylation is 1. The molecule has 1 unspecified atom stereocenters. The molecule has 1 amide bonds. The van der Waals surface area contributed by atoms with Crippen molar-refractivity contribution < 1.29 is 24.5 Å². The van der Waals surface area contributed by atoms with Crippen LogP contribution in [0.25, 0.3) is 6.08 Å². The Hall–Kier alpha value is -3.26. The summed E-state index contributed by atoms with van der Waals surface area (Å²) in [6, 6.07) is 11.9. The smallest absolute Gasteiger partial charge is 0.344 e. The van der Waals surface area contributed by atoms with Crippen molar-refractivity contribution in [3.63, 3.8) is 0 Å². The maximum atomic E-state index is 12.2. The van der Waals surface area contributed by atoms with Crippen molar-refractivity contribution in [2.45, 2.75) is 20.0 Å². The molecule has 0 radical (unpaired) electrons. The molecule has 1 fully saturated rings. The van der Waals surface area contributed by atoms with Crippen molar-refractivity contribution >= 4 is 40.6 Å². The van der Waals surface area contributed by atoms with Gasteiger partial charge in [0.25, 0.3) is 5.91 Å². The molecule has 144 valence electrons. The van der Waals surface area contributed by atoms with Gasteiger partial charge in [-0.25, -0.2) is 9.79 Å². The molecule has 8 heteroatoms. The second-order valence-corrected chi connectivity index (χ2v) is 7.18. The van der Waals surface area contributed by atoms with E-state index in [1.807, 2.05) is 13.0 Å². The SMILES string of the molecule is Cc1ccc(N=C2NC(=O)/C(=C/c3cccc(OC(C)C(=O)O)c3)S2)c(O)c1. The number of aromatic hydroxyl groups is 1. The second kappa shape index (κ2) is 8.18. The molecule has 3 rings (SSSR count). The molecule has 0 saturated carbocycles. The van der Waals surface area contributed by atoms with Gasteiger partial charge in [0.1, 0.15) is 17.2 Å². The third-order valence-electron chi connectivity index (χ3n) is 3.82. The van der Waals surface area contributed by atoms with E-state index in [-0.39, 0.29) is 11.7 Å². The number of amidine groups is 1. The van der Waals surface area contributed by atoms with E-state index in [1.165, 1.54) is 6.92 Å². The molecule has 2 aromatic carbocycles. The quantitative estimate of drug-likeness (QED) is 0.666. The summed E-state index contributed by atoms with van der Waals surface area (Å²) in [4.78, 5) is 27.8. The number of phenolic OH excluding ortho intramolecular Hbond substituents is 1. The van der Waals surface area contributed by atoms with Crippen LogP contribution in [0.5, 0.6) is 11.5 Å². The topological polar surface area (TPSA) is 108 Å². The Balaban J connectivity index is 1.79. The first-order valence-electron chi connectivity index (χ1n) is 8.40. The number of carbonyl (C=O) groups is 2. The van der Waals surface area contributed by atoms with Crippen molar-refractivity contribution in [1.29, 1.82) is 0 Å². The number of nitrogens with zero attached hydrogens (tertiary/aromatic N) is 1. The molecule has 1 heterocycles. The Morgan fingerprint density at radius 3 is 2.79 bits per heavy atom. The first-order chi connectivity index (χ1) is 13.3. The third kappa shape index (κ3) is 4.72. The van der Waals surface area contributed by atoms with Gasteiger partial charge in [0.15, 0.2) is 11.3 Å². The fraction of sp³-hybridized carbons (Fsp3) is 0.150. The number of carboxylic acid groups (broad SMARTS) is 1. The highest BCUT2D eigenvalue weighted by atomic mass is 32.2. The molecular formula is C20H18N2O5S. The summed E-state index contributed by atoms with van der Waals surface area (Å²) >= 11 is 1.15. The van der Waals surface area contributed by atoms with Gasteiger partial charge in [0.05, 0.1) is 4.91 Å². The molecule has 1 aliphatic heterocycles. The largest absolute Gasteiger partial charge is 0.506 e. The molecule has 0 spiro atoms. The molecule has 0 aliphatic carbocycles. The summed E-state index contributed by atoms with van der Waals surface area (Å²) in [5.41, 5.74) is 1.96. The number of ether oxygens (including phenoxy) is 1. The number of aliphatic carboxylic acids is 1. The standard InChI is InChI=1S/C20H18N2O5S/c1-11-6-7-15(16(23)8-11)21-20-22-18(24)17(28-20)10-13-4-3-5-14(9-13)27-12(2)19(25)26/h3-10,12,23H,1-2H3,(H,25,26)(H,21,22,24)/b17-10-. The minimum atomic E-state index is -1.06. The van der Waals surface area contributed by atoms with Crippen LogP contribution in [-0.2, 0) is 9.59 Å². The van der Waals surface area contributed by atoms with Crippen LogP contribution in [0.3, 0.4) is 0 Å². The van der Waals surface area contributed by atoms with Crippen LogP contribution in [0.4, 0.5) is 5.69 Å². The van der Waals surface area contributed by atoms with Crippen LogP contribution in [0.15, 0.2) is 52.4 Å². The summed E-state index contributed by atoms with van der Waals surface area (Å²) < 4.78 is 5.34. The molecular weight excluding hydrogens is 380 g/mol. The summed E-state index contributed by atoms with van der Waals surface area (Å²) in [6.45, 7) is 3.30. The predicted octanol–water partition coefficient (Wildman–Crippen LogP) is 3.44. The van der Waals surface area contributed by atoms with E-state index in [0.717, 1.165) is 17.3 Å². The zero-order valence-electron chi connectivity index (χ0n) is 15.2. The van der Waals surface area contributed by atoms with Gasteiger partial charge in [-0.2, -0.15) is 0 Å². The molecule has 7 nitrogen and oxygen atoms in total.